The summed E-state index contributed by atoms with van der Waals surface area (Å²) in [6.45, 7) is 3.63. The van der Waals surface area contributed by atoms with Gasteiger partial charge >= 0.3 is 0 Å². The molecule has 0 aromatic heterocycles. The Morgan fingerprint density at radius 2 is 1.73 bits per heavy atom. The van der Waals surface area contributed by atoms with Crippen LogP contribution < -0.4 is 4.74 Å². The highest BCUT2D eigenvalue weighted by molar-refractivity contribution is 5.77. The first-order valence-corrected chi connectivity index (χ1v) is 8.16. The molecule has 5 heteroatoms. The van der Waals surface area contributed by atoms with Crippen LogP contribution in [0.15, 0.2) is 24.3 Å². The van der Waals surface area contributed by atoms with Crippen LogP contribution in [0.5, 0.6) is 11.5 Å². The number of piperazine rings is 1. The van der Waals surface area contributed by atoms with E-state index in [1.807, 2.05) is 4.90 Å². The molecule has 1 amide bonds. The predicted octanol–water partition coefficient (Wildman–Crippen LogP) is 1.86. The fourth-order valence-electron chi connectivity index (χ4n) is 3.38. The number of phenols is 1. The number of aromatic hydroxyl groups is 1. The van der Waals surface area contributed by atoms with Gasteiger partial charge in [-0.2, -0.15) is 0 Å². The minimum Gasteiger partial charge on any atom is -0.508 e. The molecule has 1 aliphatic heterocycles. The molecule has 1 aromatic rings. The molecule has 2 aliphatic rings. The maximum atomic E-state index is 12.2. The van der Waals surface area contributed by atoms with E-state index >= 15 is 0 Å². The van der Waals surface area contributed by atoms with Crippen molar-refractivity contribution < 1.29 is 14.6 Å². The Balaban J connectivity index is 1.42. The van der Waals surface area contributed by atoms with Gasteiger partial charge in [0.2, 0.25) is 0 Å². The summed E-state index contributed by atoms with van der Waals surface area (Å²) in [4.78, 5) is 16.6. The SMILES string of the molecule is O=C(COc1ccc(O)cc1)N1CCN(C2CCCC2)CC1. The molecule has 120 valence electrons. The number of carbonyl (C=O) groups is 1. The van der Waals surface area contributed by atoms with Crippen molar-refractivity contribution >= 4 is 5.91 Å². The smallest absolute Gasteiger partial charge is 0.260 e. The molecule has 0 bridgehead atoms. The highest BCUT2D eigenvalue weighted by Gasteiger charge is 2.27. The first-order valence-electron chi connectivity index (χ1n) is 8.16. The Bertz CT molecular complexity index is 489. The minimum absolute atomic E-state index is 0.0409. The highest BCUT2D eigenvalue weighted by atomic mass is 16.5. The molecular weight excluding hydrogens is 280 g/mol. The quantitative estimate of drug-likeness (QED) is 0.922. The molecule has 1 aliphatic carbocycles. The Kier molecular flexibility index (Phi) is 4.83. The van der Waals surface area contributed by atoms with Crippen LogP contribution in [0.3, 0.4) is 0 Å². The Labute approximate surface area is 131 Å². The van der Waals surface area contributed by atoms with E-state index in [2.05, 4.69) is 4.90 Å². The van der Waals surface area contributed by atoms with E-state index in [9.17, 15) is 9.90 Å². The molecule has 0 unspecified atom stereocenters. The van der Waals surface area contributed by atoms with Gasteiger partial charge in [-0.05, 0) is 37.1 Å². The molecule has 0 atom stereocenters. The van der Waals surface area contributed by atoms with Gasteiger partial charge in [-0.15, -0.1) is 0 Å². The second kappa shape index (κ2) is 7.01. The standard InChI is InChI=1S/C17H24N2O3/c20-15-5-7-16(8-6-15)22-13-17(21)19-11-9-18(10-12-19)14-3-1-2-4-14/h5-8,14,20H,1-4,9-13H2. The van der Waals surface area contributed by atoms with Crippen LogP contribution in [0.2, 0.25) is 0 Å². The van der Waals surface area contributed by atoms with Gasteiger partial charge in [-0.1, -0.05) is 12.8 Å². The maximum Gasteiger partial charge on any atom is 0.260 e. The van der Waals surface area contributed by atoms with Crippen LogP contribution in [0.4, 0.5) is 0 Å². The fourth-order valence-corrected chi connectivity index (χ4v) is 3.38. The van der Waals surface area contributed by atoms with Crippen molar-refractivity contribution in [2.24, 2.45) is 0 Å². The molecule has 1 heterocycles. The average Bonchev–Trinajstić information content (AvgIpc) is 3.09. The fraction of sp³-hybridized carbons (Fsp3) is 0.588. The number of benzene rings is 1. The molecule has 1 aromatic carbocycles. The molecule has 22 heavy (non-hydrogen) atoms. The van der Waals surface area contributed by atoms with Crippen molar-refractivity contribution in [3.63, 3.8) is 0 Å². The zero-order valence-electron chi connectivity index (χ0n) is 12.9. The monoisotopic (exact) mass is 304 g/mol. The molecule has 1 N–H and O–H groups in total. The summed E-state index contributed by atoms with van der Waals surface area (Å²) >= 11 is 0. The van der Waals surface area contributed by atoms with E-state index < -0.39 is 0 Å². The molecule has 0 radical (unpaired) electrons. The van der Waals surface area contributed by atoms with Crippen LogP contribution >= 0.6 is 0 Å². The number of nitrogens with zero attached hydrogens (tertiary/aromatic N) is 2. The van der Waals surface area contributed by atoms with Crippen molar-refractivity contribution in [3.8, 4) is 11.5 Å². The van der Waals surface area contributed by atoms with Gasteiger partial charge in [0, 0.05) is 32.2 Å². The van der Waals surface area contributed by atoms with Gasteiger partial charge in [-0.3, -0.25) is 9.69 Å². The summed E-state index contributed by atoms with van der Waals surface area (Å²) < 4.78 is 5.49. The predicted molar refractivity (Wildman–Crippen MR) is 84.0 cm³/mol. The van der Waals surface area contributed by atoms with Crippen LogP contribution in [-0.4, -0.2) is 59.6 Å². The lowest BCUT2D eigenvalue weighted by atomic mass is 10.2. The number of carbonyl (C=O) groups excluding carboxylic acids is 1. The summed E-state index contributed by atoms with van der Waals surface area (Å²) in [5, 5.41) is 9.22. The molecule has 1 saturated carbocycles. The van der Waals surface area contributed by atoms with E-state index in [1.54, 1.807) is 24.3 Å². The van der Waals surface area contributed by atoms with Crippen LogP contribution in [0.25, 0.3) is 0 Å². The second-order valence-corrected chi connectivity index (χ2v) is 6.14. The summed E-state index contributed by atoms with van der Waals surface area (Å²) in [6, 6.07) is 7.19. The number of ether oxygens (including phenoxy) is 1. The van der Waals surface area contributed by atoms with Gasteiger partial charge in [0.05, 0.1) is 0 Å². The van der Waals surface area contributed by atoms with Gasteiger partial charge in [0.25, 0.3) is 5.91 Å². The number of amides is 1. The largest absolute Gasteiger partial charge is 0.508 e. The number of hydrogen-bond acceptors (Lipinski definition) is 4. The third-order valence-corrected chi connectivity index (χ3v) is 4.71. The third kappa shape index (κ3) is 3.71. The second-order valence-electron chi connectivity index (χ2n) is 6.14. The first-order chi connectivity index (χ1) is 10.7. The first kappa shape index (κ1) is 15.2. The van der Waals surface area contributed by atoms with E-state index in [4.69, 9.17) is 4.74 Å². The van der Waals surface area contributed by atoms with Gasteiger partial charge in [0.1, 0.15) is 11.5 Å². The number of hydrogen-bond donors (Lipinski definition) is 1. The van der Waals surface area contributed by atoms with E-state index in [-0.39, 0.29) is 18.3 Å². The van der Waals surface area contributed by atoms with E-state index in [0.717, 1.165) is 32.2 Å². The summed E-state index contributed by atoms with van der Waals surface area (Å²) in [6.07, 6.45) is 5.34. The van der Waals surface area contributed by atoms with Crippen molar-refractivity contribution in [2.75, 3.05) is 32.8 Å². The lowest BCUT2D eigenvalue weighted by molar-refractivity contribution is -0.135. The van der Waals surface area contributed by atoms with Crippen molar-refractivity contribution in [3.05, 3.63) is 24.3 Å². The Morgan fingerprint density at radius 3 is 2.36 bits per heavy atom. The molecule has 0 spiro atoms. The average molecular weight is 304 g/mol. The van der Waals surface area contributed by atoms with Crippen LogP contribution in [0, 0.1) is 0 Å². The van der Waals surface area contributed by atoms with Crippen LogP contribution in [-0.2, 0) is 4.79 Å². The molecular formula is C17H24N2O3. The molecule has 1 saturated heterocycles. The number of rotatable bonds is 4. The van der Waals surface area contributed by atoms with Gasteiger partial charge < -0.3 is 14.7 Å². The zero-order valence-corrected chi connectivity index (χ0v) is 12.9. The molecule has 2 fully saturated rings. The van der Waals surface area contributed by atoms with Gasteiger partial charge in [-0.25, -0.2) is 0 Å². The minimum atomic E-state index is 0.0409. The lowest BCUT2D eigenvalue weighted by Crippen LogP contribution is -2.52. The summed E-state index contributed by atoms with van der Waals surface area (Å²) in [7, 11) is 0. The Hall–Kier alpha value is -1.75. The number of phenolic OH excluding ortho intramolecular Hbond substituents is 1. The van der Waals surface area contributed by atoms with Crippen molar-refractivity contribution in [1.29, 1.82) is 0 Å². The normalized spacial score (nSPS) is 20.3. The van der Waals surface area contributed by atoms with Crippen molar-refractivity contribution in [2.45, 2.75) is 31.7 Å². The van der Waals surface area contributed by atoms with E-state index in [0.29, 0.717) is 5.75 Å². The topological polar surface area (TPSA) is 53.0 Å². The maximum absolute atomic E-state index is 12.2. The van der Waals surface area contributed by atoms with Gasteiger partial charge in [0.15, 0.2) is 6.61 Å². The van der Waals surface area contributed by atoms with Crippen molar-refractivity contribution in [1.82, 2.24) is 9.80 Å². The lowest BCUT2D eigenvalue weighted by Gasteiger charge is -2.38. The third-order valence-electron chi connectivity index (χ3n) is 4.71. The Morgan fingerprint density at radius 1 is 1.09 bits per heavy atom. The molecule has 3 rings (SSSR count). The van der Waals surface area contributed by atoms with Crippen LogP contribution in [0.1, 0.15) is 25.7 Å². The molecule has 5 nitrogen and oxygen atoms in total. The summed E-state index contributed by atoms with van der Waals surface area (Å²) in [5.74, 6) is 0.844. The highest BCUT2D eigenvalue weighted by Crippen LogP contribution is 2.24. The zero-order chi connectivity index (χ0) is 15.4. The summed E-state index contributed by atoms with van der Waals surface area (Å²) in [5.41, 5.74) is 0. The van der Waals surface area contributed by atoms with E-state index in [1.165, 1.54) is 25.7 Å².